The van der Waals surface area contributed by atoms with E-state index in [1.165, 1.54) is 30.6 Å². The van der Waals surface area contributed by atoms with Crippen molar-refractivity contribution in [2.75, 3.05) is 11.1 Å². The van der Waals surface area contributed by atoms with Gasteiger partial charge in [0.15, 0.2) is 0 Å². The summed E-state index contributed by atoms with van der Waals surface area (Å²) in [4.78, 5) is 17.5. The second kappa shape index (κ2) is 7.51. The molecular weight excluding hydrogens is 306 g/mol. The second-order valence-electron chi connectivity index (χ2n) is 5.86. The molecule has 0 bridgehead atoms. The van der Waals surface area contributed by atoms with E-state index >= 15 is 0 Å². The van der Waals surface area contributed by atoms with Gasteiger partial charge in [0.1, 0.15) is 0 Å². The van der Waals surface area contributed by atoms with E-state index in [2.05, 4.69) is 22.4 Å². The first kappa shape index (κ1) is 15.9. The van der Waals surface area contributed by atoms with E-state index in [-0.39, 0.29) is 12.3 Å². The van der Waals surface area contributed by atoms with Gasteiger partial charge in [-0.25, -0.2) is 0 Å². The predicted molar refractivity (Wildman–Crippen MR) is 95.5 cm³/mol. The maximum Gasteiger partial charge on any atom is 0.230 e. The normalized spacial score (nSPS) is 14.8. The molecule has 120 valence electrons. The lowest BCUT2D eigenvalue weighted by molar-refractivity contribution is -0.115. The Kier molecular flexibility index (Phi) is 5.18. The van der Waals surface area contributed by atoms with Crippen LogP contribution < -0.4 is 11.1 Å². The fourth-order valence-electron chi connectivity index (χ4n) is 2.73. The highest BCUT2D eigenvalue weighted by atomic mass is 32.2. The Morgan fingerprint density at radius 1 is 1.17 bits per heavy atom. The fourth-order valence-corrected chi connectivity index (χ4v) is 3.97. The Hall–Kier alpha value is -2.01. The number of rotatable bonds is 5. The highest BCUT2D eigenvalue weighted by Gasteiger charge is 2.15. The van der Waals surface area contributed by atoms with E-state index in [0.29, 0.717) is 11.4 Å². The zero-order chi connectivity index (χ0) is 16.1. The van der Waals surface area contributed by atoms with E-state index in [1.807, 2.05) is 23.9 Å². The Labute approximate surface area is 140 Å². The molecule has 1 aliphatic carbocycles. The molecule has 4 nitrogen and oxygen atoms in total. The molecule has 1 heterocycles. The summed E-state index contributed by atoms with van der Waals surface area (Å²) in [5.41, 5.74) is 7.72. The average molecular weight is 327 g/mol. The number of nitrogens with two attached hydrogens (primary N) is 1. The van der Waals surface area contributed by atoms with Crippen LogP contribution in [0.3, 0.4) is 0 Å². The Balaban J connectivity index is 1.52. The Bertz CT molecular complexity index is 649. The van der Waals surface area contributed by atoms with E-state index in [1.54, 1.807) is 18.3 Å². The molecule has 0 unspecified atom stereocenters. The summed E-state index contributed by atoms with van der Waals surface area (Å²) in [5, 5.41) is 3.66. The van der Waals surface area contributed by atoms with Crippen molar-refractivity contribution in [1.82, 2.24) is 4.98 Å². The van der Waals surface area contributed by atoms with Crippen molar-refractivity contribution in [3.05, 3.63) is 48.3 Å². The Morgan fingerprint density at radius 3 is 2.57 bits per heavy atom. The van der Waals surface area contributed by atoms with Gasteiger partial charge in [-0.2, -0.15) is 0 Å². The number of nitrogens with zero attached hydrogens (tertiary/aromatic N) is 1. The van der Waals surface area contributed by atoms with Gasteiger partial charge in [-0.3, -0.25) is 9.78 Å². The van der Waals surface area contributed by atoms with Crippen LogP contribution in [0.2, 0.25) is 0 Å². The van der Waals surface area contributed by atoms with Crippen LogP contribution in [0, 0.1) is 0 Å². The maximum absolute atomic E-state index is 12.0. The number of benzene rings is 1. The molecule has 3 N–H and O–H groups in total. The third-order valence-electron chi connectivity index (χ3n) is 3.93. The van der Waals surface area contributed by atoms with Gasteiger partial charge in [0.25, 0.3) is 0 Å². The number of amides is 1. The lowest BCUT2D eigenvalue weighted by Crippen LogP contribution is -2.15. The van der Waals surface area contributed by atoms with Gasteiger partial charge in [-0.1, -0.05) is 12.8 Å². The number of hydrogen-bond donors (Lipinski definition) is 2. The van der Waals surface area contributed by atoms with E-state index in [9.17, 15) is 4.79 Å². The number of nitrogens with one attached hydrogen (secondary N) is 1. The van der Waals surface area contributed by atoms with Crippen LogP contribution in [-0.4, -0.2) is 16.1 Å². The van der Waals surface area contributed by atoms with E-state index in [4.69, 9.17) is 5.73 Å². The number of pyridine rings is 1. The monoisotopic (exact) mass is 327 g/mol. The third-order valence-corrected chi connectivity index (χ3v) is 5.28. The first-order chi connectivity index (χ1) is 11.2. The van der Waals surface area contributed by atoms with Crippen LogP contribution in [0.1, 0.15) is 31.4 Å². The number of hydrogen-bond acceptors (Lipinski definition) is 4. The van der Waals surface area contributed by atoms with Crippen LogP contribution >= 0.6 is 11.8 Å². The molecule has 1 fully saturated rings. The summed E-state index contributed by atoms with van der Waals surface area (Å²) < 4.78 is 0. The van der Waals surface area contributed by atoms with Crippen molar-refractivity contribution in [2.24, 2.45) is 0 Å². The molecule has 1 saturated carbocycles. The van der Waals surface area contributed by atoms with Crippen LogP contribution in [0.4, 0.5) is 11.4 Å². The first-order valence-corrected chi connectivity index (χ1v) is 8.84. The second-order valence-corrected chi connectivity index (χ2v) is 7.23. The fraction of sp³-hybridized carbons (Fsp3) is 0.333. The SMILES string of the molecule is Nc1ccc(CC(=O)Nc2ccc(SC3CCCC3)cc2)nc1. The number of nitrogen functional groups attached to an aromatic ring is 1. The summed E-state index contributed by atoms with van der Waals surface area (Å²) >= 11 is 1.95. The van der Waals surface area contributed by atoms with Crippen molar-refractivity contribution in [3.63, 3.8) is 0 Å². The third kappa shape index (κ3) is 4.73. The molecule has 23 heavy (non-hydrogen) atoms. The van der Waals surface area contributed by atoms with Gasteiger partial charge in [0, 0.05) is 21.5 Å². The zero-order valence-corrected chi connectivity index (χ0v) is 13.8. The van der Waals surface area contributed by atoms with Gasteiger partial charge < -0.3 is 11.1 Å². The Morgan fingerprint density at radius 2 is 1.91 bits per heavy atom. The van der Waals surface area contributed by atoms with Crippen molar-refractivity contribution >= 4 is 29.0 Å². The molecule has 0 aliphatic heterocycles. The molecule has 1 aromatic heterocycles. The largest absolute Gasteiger partial charge is 0.397 e. The lowest BCUT2D eigenvalue weighted by Gasteiger charge is -2.10. The van der Waals surface area contributed by atoms with Crippen LogP contribution in [0.5, 0.6) is 0 Å². The number of anilines is 2. The molecule has 0 saturated heterocycles. The van der Waals surface area contributed by atoms with Gasteiger partial charge in [-0.05, 0) is 49.2 Å². The topological polar surface area (TPSA) is 68.0 Å². The van der Waals surface area contributed by atoms with Gasteiger partial charge in [0.2, 0.25) is 5.91 Å². The summed E-state index contributed by atoms with van der Waals surface area (Å²) in [6.45, 7) is 0. The molecule has 1 amide bonds. The van der Waals surface area contributed by atoms with Crippen molar-refractivity contribution in [2.45, 2.75) is 42.2 Å². The van der Waals surface area contributed by atoms with Gasteiger partial charge in [-0.15, -0.1) is 11.8 Å². The highest BCUT2D eigenvalue weighted by molar-refractivity contribution is 8.00. The van der Waals surface area contributed by atoms with E-state index in [0.717, 1.165) is 10.9 Å². The van der Waals surface area contributed by atoms with Crippen LogP contribution in [-0.2, 0) is 11.2 Å². The molecule has 2 aromatic rings. The molecular formula is C18H21N3OS. The molecule has 0 radical (unpaired) electrons. The molecule has 1 aromatic carbocycles. The summed E-state index contributed by atoms with van der Waals surface area (Å²) in [7, 11) is 0. The molecule has 0 spiro atoms. The zero-order valence-electron chi connectivity index (χ0n) is 13.0. The minimum atomic E-state index is -0.0709. The molecule has 3 rings (SSSR count). The highest BCUT2D eigenvalue weighted by Crippen LogP contribution is 2.34. The smallest absolute Gasteiger partial charge is 0.230 e. The minimum Gasteiger partial charge on any atom is -0.397 e. The van der Waals surface area contributed by atoms with Gasteiger partial charge >= 0.3 is 0 Å². The molecule has 5 heteroatoms. The standard InChI is InChI=1S/C18H21N3OS/c19-13-5-6-15(20-12-13)11-18(22)21-14-7-9-17(10-8-14)23-16-3-1-2-4-16/h5-10,12,16H,1-4,11,19H2,(H,21,22). The lowest BCUT2D eigenvalue weighted by atomic mass is 10.2. The maximum atomic E-state index is 12.0. The van der Waals surface area contributed by atoms with Crippen molar-refractivity contribution < 1.29 is 4.79 Å². The number of aromatic nitrogens is 1. The van der Waals surface area contributed by atoms with Crippen LogP contribution in [0.25, 0.3) is 0 Å². The molecule has 1 aliphatic rings. The summed E-state index contributed by atoms with van der Waals surface area (Å²) in [6, 6.07) is 11.6. The van der Waals surface area contributed by atoms with Crippen LogP contribution in [0.15, 0.2) is 47.5 Å². The van der Waals surface area contributed by atoms with Gasteiger partial charge in [0.05, 0.1) is 18.3 Å². The van der Waals surface area contributed by atoms with E-state index < -0.39 is 0 Å². The predicted octanol–water partition coefficient (Wildman–Crippen LogP) is 3.88. The number of thioether (sulfide) groups is 1. The molecule has 0 atom stereocenters. The summed E-state index contributed by atoms with van der Waals surface area (Å²) in [6.07, 6.45) is 7.15. The van der Waals surface area contributed by atoms with Crippen molar-refractivity contribution in [3.8, 4) is 0 Å². The summed E-state index contributed by atoms with van der Waals surface area (Å²) in [5.74, 6) is -0.0709. The average Bonchev–Trinajstić information content (AvgIpc) is 3.04. The number of carbonyl (C=O) groups is 1. The van der Waals surface area contributed by atoms with Crippen molar-refractivity contribution in [1.29, 1.82) is 0 Å². The first-order valence-electron chi connectivity index (χ1n) is 7.96. The minimum absolute atomic E-state index is 0.0709. The quantitative estimate of drug-likeness (QED) is 0.874. The number of carbonyl (C=O) groups excluding carboxylic acids is 1.